The lowest BCUT2D eigenvalue weighted by molar-refractivity contribution is -0.113. The molecule has 0 aliphatic rings. The molecule has 0 bridgehead atoms. The highest BCUT2D eigenvalue weighted by Gasteiger charge is 2.15. The summed E-state index contributed by atoms with van der Waals surface area (Å²) in [5.41, 5.74) is 6.36. The highest BCUT2D eigenvalue weighted by atomic mass is 16.2. The van der Waals surface area contributed by atoms with Crippen molar-refractivity contribution in [1.82, 2.24) is 5.32 Å². The Hall–Kier alpha value is -6.01. The third-order valence-electron chi connectivity index (χ3n) is 7.12. The van der Waals surface area contributed by atoms with E-state index in [9.17, 15) is 14.4 Å². The number of benzene rings is 5. The molecule has 0 saturated heterocycles. The Morgan fingerprint density at radius 1 is 0.600 bits per heavy atom. The summed E-state index contributed by atoms with van der Waals surface area (Å²) in [5, 5.41) is 5.60. The van der Waals surface area contributed by atoms with Gasteiger partial charge in [0.25, 0.3) is 11.8 Å². The maximum absolute atomic E-state index is 13.4. The average molecular weight is 592 g/mol. The number of anilines is 2. The van der Waals surface area contributed by atoms with Crippen molar-refractivity contribution in [3.63, 3.8) is 0 Å². The zero-order valence-corrected chi connectivity index (χ0v) is 25.1. The summed E-state index contributed by atoms with van der Waals surface area (Å²) < 4.78 is 0. The Morgan fingerprint density at radius 2 is 1.18 bits per heavy atom. The fraction of sp³-hybridized carbons (Fsp3) is 0.0513. The molecule has 0 heterocycles. The summed E-state index contributed by atoms with van der Waals surface area (Å²) >= 11 is 0. The van der Waals surface area contributed by atoms with E-state index in [-0.39, 0.29) is 11.5 Å². The van der Waals surface area contributed by atoms with Crippen molar-refractivity contribution in [3.05, 3.63) is 167 Å². The van der Waals surface area contributed by atoms with Crippen LogP contribution in [0.15, 0.2) is 145 Å². The molecule has 0 atom stereocenters. The normalized spacial score (nSPS) is 11.2. The number of hydrogen-bond acceptors (Lipinski definition) is 4. The van der Waals surface area contributed by atoms with E-state index in [0.717, 1.165) is 27.9 Å². The second-order valence-corrected chi connectivity index (χ2v) is 10.6. The van der Waals surface area contributed by atoms with Crippen molar-refractivity contribution in [2.24, 2.45) is 0 Å². The van der Waals surface area contributed by atoms with Gasteiger partial charge in [-0.2, -0.15) is 0 Å². The predicted molar refractivity (Wildman–Crippen MR) is 183 cm³/mol. The largest absolute Gasteiger partial charge is 0.378 e. The molecule has 0 aromatic heterocycles. The van der Waals surface area contributed by atoms with Gasteiger partial charge < -0.3 is 15.5 Å². The van der Waals surface area contributed by atoms with Gasteiger partial charge in [0.15, 0.2) is 5.78 Å². The molecule has 5 rings (SSSR count). The van der Waals surface area contributed by atoms with E-state index >= 15 is 0 Å². The first kappa shape index (κ1) is 30.4. The van der Waals surface area contributed by atoms with Crippen LogP contribution in [-0.2, 0) is 4.79 Å². The van der Waals surface area contributed by atoms with E-state index in [1.807, 2.05) is 104 Å². The Balaban J connectivity index is 1.30. The minimum absolute atomic E-state index is 0.0830. The predicted octanol–water partition coefficient (Wildman–Crippen LogP) is 7.73. The monoisotopic (exact) mass is 591 g/mol. The zero-order valence-electron chi connectivity index (χ0n) is 25.1. The van der Waals surface area contributed by atoms with Crippen LogP contribution in [0.25, 0.3) is 23.3 Å². The Morgan fingerprint density at radius 3 is 1.80 bits per heavy atom. The Labute approximate surface area is 263 Å². The molecule has 0 spiro atoms. The maximum atomic E-state index is 13.4. The summed E-state index contributed by atoms with van der Waals surface area (Å²) in [6, 6.07) is 41.0. The Kier molecular flexibility index (Phi) is 9.77. The van der Waals surface area contributed by atoms with E-state index < -0.39 is 11.8 Å². The number of carbonyl (C=O) groups excluding carboxylic acids is 3. The van der Waals surface area contributed by atoms with Crippen LogP contribution < -0.4 is 15.5 Å². The van der Waals surface area contributed by atoms with Crippen LogP contribution in [0.2, 0.25) is 0 Å². The topological polar surface area (TPSA) is 78.5 Å². The fourth-order valence-corrected chi connectivity index (χ4v) is 4.58. The summed E-state index contributed by atoms with van der Waals surface area (Å²) in [4.78, 5) is 41.2. The molecule has 45 heavy (non-hydrogen) atoms. The van der Waals surface area contributed by atoms with Crippen LogP contribution in [0.1, 0.15) is 31.8 Å². The van der Waals surface area contributed by atoms with Crippen LogP contribution in [0.4, 0.5) is 11.4 Å². The van der Waals surface area contributed by atoms with Gasteiger partial charge in [-0.05, 0) is 82.9 Å². The molecule has 0 aliphatic heterocycles. The van der Waals surface area contributed by atoms with Crippen molar-refractivity contribution < 1.29 is 14.4 Å². The number of hydrogen-bond donors (Lipinski definition) is 2. The van der Waals surface area contributed by atoms with Gasteiger partial charge in [0, 0.05) is 36.6 Å². The quantitative estimate of drug-likeness (QED) is 0.129. The minimum Gasteiger partial charge on any atom is -0.378 e. The number of nitrogens with one attached hydrogen (secondary N) is 2. The van der Waals surface area contributed by atoms with Crippen molar-refractivity contribution in [3.8, 4) is 11.1 Å². The molecule has 222 valence electrons. The molecular weight excluding hydrogens is 558 g/mol. The summed E-state index contributed by atoms with van der Waals surface area (Å²) in [6.07, 6.45) is 4.94. The number of nitrogens with zero attached hydrogens (tertiary/aromatic N) is 1. The number of carbonyl (C=O) groups is 3. The first-order chi connectivity index (χ1) is 21.9. The van der Waals surface area contributed by atoms with Crippen molar-refractivity contribution in [1.29, 1.82) is 0 Å². The number of rotatable bonds is 10. The molecule has 0 aliphatic carbocycles. The van der Waals surface area contributed by atoms with Gasteiger partial charge >= 0.3 is 0 Å². The zero-order chi connectivity index (χ0) is 31.6. The Bertz CT molecular complexity index is 1820. The minimum atomic E-state index is -0.494. The van der Waals surface area contributed by atoms with Crippen LogP contribution in [0, 0.1) is 0 Å². The van der Waals surface area contributed by atoms with Crippen LogP contribution in [0.5, 0.6) is 0 Å². The fourth-order valence-electron chi connectivity index (χ4n) is 4.58. The standard InChI is InChI=1S/C39H33N3O3/c1-42(2)35-24-15-28(16-25-35)17-26-37(43)32-20-22-34(23-21-32)40-39(45)36(41-38(44)33-11-7-4-8-12-33)27-29-13-18-31(19-14-29)30-9-5-3-6-10-30/h3-27H,1-2H3,(H,40,45)(H,41,44)/b26-17+,36-27-. The molecule has 6 heteroatoms. The van der Waals surface area contributed by atoms with Gasteiger partial charge in [0.1, 0.15) is 5.70 Å². The highest BCUT2D eigenvalue weighted by molar-refractivity contribution is 6.11. The van der Waals surface area contributed by atoms with Gasteiger partial charge in [-0.1, -0.05) is 91.0 Å². The molecule has 5 aromatic rings. The van der Waals surface area contributed by atoms with Gasteiger partial charge in [-0.3, -0.25) is 14.4 Å². The lowest BCUT2D eigenvalue weighted by atomic mass is 10.0. The summed E-state index contributed by atoms with van der Waals surface area (Å²) in [7, 11) is 3.95. The molecule has 0 fully saturated rings. The van der Waals surface area contributed by atoms with Crippen molar-refractivity contribution in [2.45, 2.75) is 0 Å². The van der Waals surface area contributed by atoms with E-state index in [2.05, 4.69) is 10.6 Å². The summed E-state index contributed by atoms with van der Waals surface area (Å²) in [6.45, 7) is 0. The van der Waals surface area contributed by atoms with Crippen molar-refractivity contribution in [2.75, 3.05) is 24.3 Å². The van der Waals surface area contributed by atoms with E-state index in [0.29, 0.717) is 16.8 Å². The highest BCUT2D eigenvalue weighted by Crippen LogP contribution is 2.21. The second kappa shape index (κ2) is 14.4. The van der Waals surface area contributed by atoms with Gasteiger partial charge in [0.2, 0.25) is 0 Å². The average Bonchev–Trinajstić information content (AvgIpc) is 3.08. The SMILES string of the molecule is CN(C)c1ccc(/C=C/C(=O)c2ccc(NC(=O)/C(=C/c3ccc(-c4ccccc4)cc3)NC(=O)c3ccccc3)cc2)cc1. The third kappa shape index (κ3) is 8.30. The van der Waals surface area contributed by atoms with E-state index in [1.54, 1.807) is 60.7 Å². The lowest BCUT2D eigenvalue weighted by Crippen LogP contribution is -2.30. The van der Waals surface area contributed by atoms with Crippen LogP contribution in [0.3, 0.4) is 0 Å². The molecule has 6 nitrogen and oxygen atoms in total. The molecule has 0 radical (unpaired) electrons. The smallest absolute Gasteiger partial charge is 0.272 e. The van der Waals surface area contributed by atoms with E-state index in [1.165, 1.54) is 6.08 Å². The van der Waals surface area contributed by atoms with Crippen LogP contribution in [-0.4, -0.2) is 31.7 Å². The molecule has 0 unspecified atom stereocenters. The summed E-state index contributed by atoms with van der Waals surface area (Å²) in [5.74, 6) is -1.05. The maximum Gasteiger partial charge on any atom is 0.272 e. The van der Waals surface area contributed by atoms with Crippen LogP contribution >= 0.6 is 0 Å². The molecule has 2 N–H and O–H groups in total. The number of allylic oxidation sites excluding steroid dienone is 1. The first-order valence-corrected chi connectivity index (χ1v) is 14.5. The van der Waals surface area contributed by atoms with E-state index in [4.69, 9.17) is 0 Å². The van der Waals surface area contributed by atoms with Gasteiger partial charge in [0.05, 0.1) is 0 Å². The first-order valence-electron chi connectivity index (χ1n) is 14.5. The molecule has 0 saturated carbocycles. The molecule has 5 aromatic carbocycles. The number of ketones is 1. The number of amides is 2. The van der Waals surface area contributed by atoms with Crippen molar-refractivity contribution >= 4 is 41.1 Å². The molecular formula is C39H33N3O3. The van der Waals surface area contributed by atoms with Gasteiger partial charge in [-0.25, -0.2) is 0 Å². The molecule has 2 amide bonds. The second-order valence-electron chi connectivity index (χ2n) is 10.6. The third-order valence-corrected chi connectivity index (χ3v) is 7.12. The van der Waals surface area contributed by atoms with Gasteiger partial charge in [-0.15, -0.1) is 0 Å². The lowest BCUT2D eigenvalue weighted by Gasteiger charge is -2.12.